The molecule has 0 spiro atoms. The summed E-state index contributed by atoms with van der Waals surface area (Å²) in [6.07, 6.45) is -3.02. The molecule has 1 N–H and O–H groups in total. The van der Waals surface area contributed by atoms with Crippen LogP contribution in [0.1, 0.15) is 26.3 Å². The lowest BCUT2D eigenvalue weighted by Crippen LogP contribution is -2.59. The van der Waals surface area contributed by atoms with Crippen molar-refractivity contribution in [3.05, 3.63) is 36.4 Å². The van der Waals surface area contributed by atoms with Gasteiger partial charge in [-0.05, 0) is 23.6 Å². The molecule has 3 rings (SSSR count). The molecule has 0 bridgehead atoms. The summed E-state index contributed by atoms with van der Waals surface area (Å²) in [5, 5.41) is 9.49. The molecule has 152 valence electrons. The van der Waals surface area contributed by atoms with Crippen molar-refractivity contribution < 1.29 is 27.5 Å². The van der Waals surface area contributed by atoms with Gasteiger partial charge in [-0.15, -0.1) is 0 Å². The van der Waals surface area contributed by atoms with Crippen LogP contribution in [-0.4, -0.2) is 46.8 Å². The van der Waals surface area contributed by atoms with E-state index < -0.39 is 17.8 Å². The molecule has 1 unspecified atom stereocenters. The quantitative estimate of drug-likeness (QED) is 0.804. The predicted octanol–water partition coefficient (Wildman–Crippen LogP) is 4.58. The van der Waals surface area contributed by atoms with Gasteiger partial charge in [0, 0.05) is 30.9 Å². The molecule has 1 aliphatic rings. The lowest BCUT2D eigenvalue weighted by atomic mass is 9.84. The molecule has 0 aliphatic carbocycles. The maximum absolute atomic E-state index is 13.4. The third-order valence-electron chi connectivity index (χ3n) is 4.95. The fourth-order valence-electron chi connectivity index (χ4n) is 3.45. The zero-order valence-electron chi connectivity index (χ0n) is 15.8. The van der Waals surface area contributed by atoms with Gasteiger partial charge in [0.25, 0.3) is 0 Å². The summed E-state index contributed by atoms with van der Waals surface area (Å²) in [4.78, 5) is 18.5. The first-order chi connectivity index (χ1) is 13.0. The van der Waals surface area contributed by atoms with Crippen LogP contribution in [-0.2, 0) is 6.18 Å². The predicted molar refractivity (Wildman–Crippen MR) is 97.1 cm³/mol. The minimum absolute atomic E-state index is 0.213. The van der Waals surface area contributed by atoms with E-state index in [1.807, 2.05) is 20.8 Å². The third-order valence-corrected chi connectivity index (χ3v) is 4.95. The average Bonchev–Trinajstić information content (AvgIpc) is 3.14. The number of benzene rings is 1. The van der Waals surface area contributed by atoms with E-state index in [9.17, 15) is 23.1 Å². The number of piperazine rings is 1. The lowest BCUT2D eigenvalue weighted by molar-refractivity contribution is -0.137. The number of alkyl halides is 3. The molecular formula is C19H22F3N3O3. The summed E-state index contributed by atoms with van der Waals surface area (Å²) < 4.78 is 45.5. The number of hydrogen-bond donors (Lipinski definition) is 1. The van der Waals surface area contributed by atoms with Gasteiger partial charge in [-0.1, -0.05) is 20.8 Å². The molecule has 9 heteroatoms. The Morgan fingerprint density at radius 3 is 2.46 bits per heavy atom. The van der Waals surface area contributed by atoms with Crippen molar-refractivity contribution >= 4 is 11.8 Å². The molecule has 1 aromatic heterocycles. The monoisotopic (exact) mass is 397 g/mol. The van der Waals surface area contributed by atoms with Crippen molar-refractivity contribution in [2.75, 3.05) is 24.5 Å². The number of halogens is 3. The van der Waals surface area contributed by atoms with E-state index in [4.69, 9.17) is 4.42 Å². The van der Waals surface area contributed by atoms with Gasteiger partial charge in [0.15, 0.2) is 12.2 Å². The van der Waals surface area contributed by atoms with Gasteiger partial charge in [-0.3, -0.25) is 0 Å². The Kier molecular flexibility index (Phi) is 5.03. The van der Waals surface area contributed by atoms with Crippen molar-refractivity contribution in [3.63, 3.8) is 0 Å². The summed E-state index contributed by atoms with van der Waals surface area (Å²) in [5.74, 6) is 0.240. The fourth-order valence-corrected chi connectivity index (χ4v) is 3.45. The normalized spacial score (nSPS) is 18.4. The molecule has 1 atom stereocenters. The van der Waals surface area contributed by atoms with Crippen LogP contribution in [0.15, 0.2) is 35.2 Å². The summed E-state index contributed by atoms with van der Waals surface area (Å²) in [5.41, 5.74) is -0.507. The number of oxazole rings is 1. The van der Waals surface area contributed by atoms with Crippen LogP contribution >= 0.6 is 0 Å². The third kappa shape index (κ3) is 4.07. The summed E-state index contributed by atoms with van der Waals surface area (Å²) in [7, 11) is 0. The Bertz CT molecular complexity index is 844. The molecule has 1 aliphatic heterocycles. The van der Waals surface area contributed by atoms with E-state index in [1.165, 1.54) is 11.1 Å². The number of hydrogen-bond acceptors (Lipinski definition) is 4. The van der Waals surface area contributed by atoms with Gasteiger partial charge in [0.2, 0.25) is 0 Å². The molecule has 28 heavy (non-hydrogen) atoms. The average molecular weight is 397 g/mol. The second kappa shape index (κ2) is 7.03. The van der Waals surface area contributed by atoms with Crippen LogP contribution in [0.4, 0.5) is 23.7 Å². The SMILES string of the molecule is CC(C)(C)C1CN(c2cc(-c3cnco3)cc(C(F)(F)F)c2)CCN1C(=O)O. The first kappa shape index (κ1) is 20.0. The van der Waals surface area contributed by atoms with Crippen LogP contribution in [0.5, 0.6) is 0 Å². The van der Waals surface area contributed by atoms with Gasteiger partial charge >= 0.3 is 12.3 Å². The summed E-state index contributed by atoms with van der Waals surface area (Å²) >= 11 is 0. The molecule has 2 aromatic rings. The highest BCUT2D eigenvalue weighted by atomic mass is 19.4. The number of rotatable bonds is 2. The topological polar surface area (TPSA) is 69.8 Å². The van der Waals surface area contributed by atoms with Gasteiger partial charge in [0.05, 0.1) is 17.8 Å². The van der Waals surface area contributed by atoms with Crippen LogP contribution < -0.4 is 4.90 Å². The molecule has 2 heterocycles. The van der Waals surface area contributed by atoms with E-state index in [2.05, 4.69) is 4.98 Å². The number of aromatic nitrogens is 1. The Morgan fingerprint density at radius 2 is 1.93 bits per heavy atom. The minimum Gasteiger partial charge on any atom is -0.465 e. The van der Waals surface area contributed by atoms with E-state index in [1.54, 1.807) is 11.0 Å². The van der Waals surface area contributed by atoms with Gasteiger partial charge in [-0.2, -0.15) is 13.2 Å². The number of amides is 1. The Labute approximate surface area is 160 Å². The maximum atomic E-state index is 13.4. The molecule has 1 aromatic carbocycles. The first-order valence-electron chi connectivity index (χ1n) is 8.82. The Balaban J connectivity index is 2.00. The highest BCUT2D eigenvalue weighted by Gasteiger charge is 2.39. The zero-order chi connectivity index (χ0) is 20.7. The second-order valence-corrected chi connectivity index (χ2v) is 7.94. The molecule has 1 saturated heterocycles. The molecular weight excluding hydrogens is 375 g/mol. The number of nitrogens with zero attached hydrogens (tertiary/aromatic N) is 3. The van der Waals surface area contributed by atoms with Crippen molar-refractivity contribution in [2.45, 2.75) is 33.0 Å². The van der Waals surface area contributed by atoms with Gasteiger partial charge in [0.1, 0.15) is 0 Å². The van der Waals surface area contributed by atoms with Crippen molar-refractivity contribution in [2.24, 2.45) is 5.41 Å². The van der Waals surface area contributed by atoms with Gasteiger partial charge in [-0.25, -0.2) is 9.78 Å². The van der Waals surface area contributed by atoms with E-state index in [0.29, 0.717) is 18.8 Å². The highest BCUT2D eigenvalue weighted by Crippen LogP contribution is 2.37. The van der Waals surface area contributed by atoms with Crippen molar-refractivity contribution in [1.82, 2.24) is 9.88 Å². The van der Waals surface area contributed by atoms with Crippen LogP contribution in [0, 0.1) is 5.41 Å². The van der Waals surface area contributed by atoms with Gasteiger partial charge < -0.3 is 19.3 Å². The molecule has 0 radical (unpaired) electrons. The zero-order valence-corrected chi connectivity index (χ0v) is 15.8. The molecule has 0 saturated carbocycles. The van der Waals surface area contributed by atoms with E-state index in [-0.39, 0.29) is 29.3 Å². The van der Waals surface area contributed by atoms with Crippen LogP contribution in [0.2, 0.25) is 0 Å². The number of anilines is 1. The lowest BCUT2D eigenvalue weighted by Gasteiger charge is -2.46. The number of carboxylic acid groups (broad SMARTS) is 1. The smallest absolute Gasteiger partial charge is 0.416 e. The highest BCUT2D eigenvalue weighted by molar-refractivity contribution is 5.68. The molecule has 1 amide bonds. The first-order valence-corrected chi connectivity index (χ1v) is 8.82. The second-order valence-electron chi connectivity index (χ2n) is 7.94. The van der Waals surface area contributed by atoms with E-state index >= 15 is 0 Å². The van der Waals surface area contributed by atoms with E-state index in [0.717, 1.165) is 18.5 Å². The maximum Gasteiger partial charge on any atom is 0.416 e. The van der Waals surface area contributed by atoms with Crippen LogP contribution in [0.3, 0.4) is 0 Å². The minimum atomic E-state index is -4.52. The fraction of sp³-hybridized carbons (Fsp3) is 0.474. The van der Waals surface area contributed by atoms with Crippen LogP contribution in [0.25, 0.3) is 11.3 Å². The molecule has 1 fully saturated rings. The standard InChI is InChI=1S/C19H22F3N3O3/c1-18(2,3)16-10-24(4-5-25(16)17(26)27)14-7-12(15-9-23-11-28-15)6-13(8-14)19(20,21)22/h6-9,11,16H,4-5,10H2,1-3H3,(H,26,27). The van der Waals surface area contributed by atoms with Crippen molar-refractivity contribution in [1.29, 1.82) is 0 Å². The van der Waals surface area contributed by atoms with Crippen molar-refractivity contribution in [3.8, 4) is 11.3 Å². The Hall–Kier alpha value is -2.71. The largest absolute Gasteiger partial charge is 0.465 e. The summed E-state index contributed by atoms with van der Waals surface area (Å²) in [6.45, 7) is 6.57. The molecule has 6 nitrogen and oxygen atoms in total. The Morgan fingerprint density at radius 1 is 1.21 bits per heavy atom. The number of carbonyl (C=O) groups is 1. The summed E-state index contributed by atoms with van der Waals surface area (Å²) in [6, 6.07) is 3.38.